The first kappa shape index (κ1) is 19.4. The van der Waals surface area contributed by atoms with Crippen molar-refractivity contribution in [2.75, 3.05) is 26.2 Å². The Morgan fingerprint density at radius 3 is 2.81 bits per heavy atom. The number of likely N-dealkylation sites (tertiary alicyclic amines) is 1. The average Bonchev–Trinajstić information content (AvgIpc) is 3.23. The van der Waals surface area contributed by atoms with Crippen LogP contribution >= 0.6 is 11.3 Å². The molecule has 2 fully saturated rings. The summed E-state index contributed by atoms with van der Waals surface area (Å²) < 4.78 is 5.90. The van der Waals surface area contributed by atoms with Crippen LogP contribution in [0.25, 0.3) is 0 Å². The Kier molecular flexibility index (Phi) is 7.50. The minimum atomic E-state index is -0.0908. The van der Waals surface area contributed by atoms with Crippen molar-refractivity contribution in [2.45, 2.75) is 57.5 Å². The number of carbonyl (C=O) groups excluding carboxylic acids is 2. The van der Waals surface area contributed by atoms with Crippen LogP contribution in [0, 0.1) is 5.92 Å². The van der Waals surface area contributed by atoms with Crippen molar-refractivity contribution in [3.8, 4) is 0 Å². The van der Waals surface area contributed by atoms with Crippen molar-refractivity contribution >= 4 is 23.2 Å². The van der Waals surface area contributed by atoms with Gasteiger partial charge in [-0.3, -0.25) is 9.59 Å². The van der Waals surface area contributed by atoms with Crippen LogP contribution in [-0.4, -0.2) is 49.1 Å². The lowest BCUT2D eigenvalue weighted by molar-refractivity contribution is -0.126. The Morgan fingerprint density at radius 2 is 2.04 bits per heavy atom. The van der Waals surface area contributed by atoms with Crippen LogP contribution in [0.4, 0.5) is 0 Å². The van der Waals surface area contributed by atoms with Gasteiger partial charge in [-0.1, -0.05) is 25.3 Å². The highest BCUT2D eigenvalue weighted by Crippen LogP contribution is 2.21. The summed E-state index contributed by atoms with van der Waals surface area (Å²) in [5.74, 6) is 0.0386. The molecule has 1 aromatic rings. The van der Waals surface area contributed by atoms with E-state index in [1.54, 1.807) is 0 Å². The molecule has 0 unspecified atom stereocenters. The molecule has 1 aromatic heterocycles. The monoisotopic (exact) mass is 378 g/mol. The number of nitrogens with zero attached hydrogens (tertiary/aromatic N) is 1. The minimum Gasteiger partial charge on any atom is -0.378 e. The van der Waals surface area contributed by atoms with E-state index in [0.717, 1.165) is 37.3 Å². The van der Waals surface area contributed by atoms with E-state index < -0.39 is 0 Å². The number of carbonyl (C=O) groups is 2. The standard InChI is InChI=1S/C20H30N2O3S/c23-19(21-11-6-13-25-17-8-2-1-3-9-17)16-7-4-12-22(15-16)20(24)18-10-5-14-26-18/h5,10,14,16-17H,1-4,6-9,11-13,15H2,(H,21,23)/t16-/m1/s1. The Balaban J connectivity index is 1.34. The summed E-state index contributed by atoms with van der Waals surface area (Å²) in [6, 6.07) is 3.74. The first-order valence-corrected chi connectivity index (χ1v) is 10.8. The molecule has 2 heterocycles. The smallest absolute Gasteiger partial charge is 0.263 e. The Morgan fingerprint density at radius 1 is 1.19 bits per heavy atom. The molecule has 2 aliphatic rings. The van der Waals surface area contributed by atoms with E-state index in [1.165, 1.54) is 43.4 Å². The maximum absolute atomic E-state index is 12.5. The molecule has 5 nitrogen and oxygen atoms in total. The van der Waals surface area contributed by atoms with Crippen molar-refractivity contribution in [3.63, 3.8) is 0 Å². The molecule has 0 spiro atoms. The molecule has 144 valence electrons. The zero-order valence-corrected chi connectivity index (χ0v) is 16.3. The zero-order valence-electron chi connectivity index (χ0n) is 15.5. The first-order chi connectivity index (χ1) is 12.7. The number of thiophene rings is 1. The third-order valence-corrected chi connectivity index (χ3v) is 6.20. The van der Waals surface area contributed by atoms with Crippen molar-refractivity contribution in [2.24, 2.45) is 5.92 Å². The molecule has 1 saturated carbocycles. The van der Waals surface area contributed by atoms with Crippen LogP contribution in [0.3, 0.4) is 0 Å². The lowest BCUT2D eigenvalue weighted by Gasteiger charge is -2.31. The van der Waals surface area contributed by atoms with Crippen LogP contribution in [0.5, 0.6) is 0 Å². The third kappa shape index (κ3) is 5.55. The van der Waals surface area contributed by atoms with Crippen LogP contribution in [0.1, 0.15) is 61.0 Å². The average molecular weight is 379 g/mol. The molecule has 1 saturated heterocycles. The second-order valence-corrected chi connectivity index (χ2v) is 8.29. The highest BCUT2D eigenvalue weighted by Gasteiger charge is 2.29. The highest BCUT2D eigenvalue weighted by molar-refractivity contribution is 7.12. The first-order valence-electron chi connectivity index (χ1n) is 9.96. The van der Waals surface area contributed by atoms with Gasteiger partial charge in [-0.25, -0.2) is 0 Å². The van der Waals surface area contributed by atoms with Crippen molar-refractivity contribution in [1.82, 2.24) is 10.2 Å². The van der Waals surface area contributed by atoms with Gasteiger partial charge in [-0.05, 0) is 43.6 Å². The normalized spacial score (nSPS) is 21.5. The summed E-state index contributed by atoms with van der Waals surface area (Å²) in [4.78, 5) is 27.5. The molecule has 1 aliphatic heterocycles. The predicted octanol–water partition coefficient (Wildman–Crippen LogP) is 3.46. The fourth-order valence-electron chi connectivity index (χ4n) is 3.84. The number of hydrogen-bond acceptors (Lipinski definition) is 4. The summed E-state index contributed by atoms with van der Waals surface area (Å²) in [6.07, 6.45) is 9.29. The maximum Gasteiger partial charge on any atom is 0.263 e. The van der Waals surface area contributed by atoms with Gasteiger partial charge in [0.1, 0.15) is 0 Å². The van der Waals surface area contributed by atoms with Crippen LogP contribution < -0.4 is 5.32 Å². The molecule has 0 aromatic carbocycles. The summed E-state index contributed by atoms with van der Waals surface area (Å²) in [5.41, 5.74) is 0. The molecule has 0 bridgehead atoms. The van der Waals surface area contributed by atoms with Crippen molar-refractivity contribution in [3.05, 3.63) is 22.4 Å². The molecule has 1 aliphatic carbocycles. The molecular weight excluding hydrogens is 348 g/mol. The maximum atomic E-state index is 12.5. The predicted molar refractivity (Wildman–Crippen MR) is 103 cm³/mol. The molecular formula is C20H30N2O3S. The molecule has 3 rings (SSSR count). The van der Waals surface area contributed by atoms with Gasteiger partial charge in [0.25, 0.3) is 5.91 Å². The number of rotatable bonds is 7. The summed E-state index contributed by atoms with van der Waals surface area (Å²) in [7, 11) is 0. The molecule has 2 amide bonds. The quantitative estimate of drug-likeness (QED) is 0.739. The van der Waals surface area contributed by atoms with Gasteiger partial charge in [0.2, 0.25) is 5.91 Å². The molecule has 6 heteroatoms. The lowest BCUT2D eigenvalue weighted by Crippen LogP contribution is -2.45. The highest BCUT2D eigenvalue weighted by atomic mass is 32.1. The molecule has 1 atom stereocenters. The number of ether oxygens (including phenoxy) is 1. The second-order valence-electron chi connectivity index (χ2n) is 7.34. The van der Waals surface area contributed by atoms with Gasteiger partial charge < -0.3 is 15.0 Å². The van der Waals surface area contributed by atoms with Gasteiger partial charge in [0.15, 0.2) is 0 Å². The van der Waals surface area contributed by atoms with E-state index in [9.17, 15) is 9.59 Å². The van der Waals surface area contributed by atoms with Gasteiger partial charge in [-0.2, -0.15) is 0 Å². The Bertz CT molecular complexity index is 570. The van der Waals surface area contributed by atoms with Gasteiger partial charge >= 0.3 is 0 Å². The number of amides is 2. The SMILES string of the molecule is O=C(NCCCOC1CCCCC1)[C@@H]1CCCN(C(=O)c2cccs2)C1. The molecule has 1 N–H and O–H groups in total. The summed E-state index contributed by atoms with van der Waals surface area (Å²) >= 11 is 1.46. The van der Waals surface area contributed by atoms with E-state index in [4.69, 9.17) is 4.74 Å². The van der Waals surface area contributed by atoms with E-state index in [-0.39, 0.29) is 17.7 Å². The largest absolute Gasteiger partial charge is 0.378 e. The van der Waals surface area contributed by atoms with Crippen molar-refractivity contribution in [1.29, 1.82) is 0 Å². The Hall–Kier alpha value is -1.40. The van der Waals surface area contributed by atoms with E-state index in [2.05, 4.69) is 5.32 Å². The number of nitrogens with one attached hydrogen (secondary N) is 1. The van der Waals surface area contributed by atoms with Gasteiger partial charge in [0.05, 0.1) is 16.9 Å². The summed E-state index contributed by atoms with van der Waals surface area (Å²) in [5, 5.41) is 4.94. The fraction of sp³-hybridized carbons (Fsp3) is 0.700. The minimum absolute atomic E-state index is 0.0541. The second kappa shape index (κ2) is 10.1. The van der Waals surface area contributed by atoms with E-state index >= 15 is 0 Å². The van der Waals surface area contributed by atoms with E-state index in [1.807, 2.05) is 22.4 Å². The number of piperidine rings is 1. The third-order valence-electron chi connectivity index (χ3n) is 5.34. The van der Waals surface area contributed by atoms with Crippen LogP contribution in [0.2, 0.25) is 0 Å². The van der Waals surface area contributed by atoms with E-state index in [0.29, 0.717) is 19.2 Å². The molecule has 26 heavy (non-hydrogen) atoms. The topological polar surface area (TPSA) is 58.6 Å². The molecule has 0 radical (unpaired) electrons. The lowest BCUT2D eigenvalue weighted by atomic mass is 9.97. The van der Waals surface area contributed by atoms with Crippen molar-refractivity contribution < 1.29 is 14.3 Å². The number of hydrogen-bond donors (Lipinski definition) is 1. The van der Waals surface area contributed by atoms with Crippen LogP contribution in [0.15, 0.2) is 17.5 Å². The zero-order chi connectivity index (χ0) is 18.2. The van der Waals surface area contributed by atoms with Gasteiger partial charge in [-0.15, -0.1) is 11.3 Å². The Labute approximate surface area is 160 Å². The van der Waals surface area contributed by atoms with Crippen LogP contribution in [-0.2, 0) is 9.53 Å². The van der Waals surface area contributed by atoms with Gasteiger partial charge in [0, 0.05) is 26.2 Å². The summed E-state index contributed by atoms with van der Waals surface area (Å²) in [6.45, 7) is 2.65. The fourth-order valence-corrected chi connectivity index (χ4v) is 4.53.